The van der Waals surface area contributed by atoms with Crippen molar-refractivity contribution in [1.82, 2.24) is 4.98 Å². The monoisotopic (exact) mass is 419 g/mol. The zero-order valence-corrected chi connectivity index (χ0v) is 18.8. The minimum atomic E-state index is -1.63. The summed E-state index contributed by atoms with van der Waals surface area (Å²) in [6, 6.07) is 3.95. The first kappa shape index (κ1) is 26.1. The fourth-order valence-corrected chi connectivity index (χ4v) is 4.04. The smallest absolute Gasteiger partial charge is 0.321 e. The van der Waals surface area contributed by atoms with Gasteiger partial charge in [0, 0.05) is 12.4 Å². The third-order valence-corrected chi connectivity index (χ3v) is 6.09. The molecule has 0 radical (unpaired) electrons. The molecule has 0 unspecified atom stereocenters. The number of hydrogen-bond acceptors (Lipinski definition) is 3. The third kappa shape index (κ3) is 10.2. The molecular formula is C25H41NO4. The number of carbonyl (C=O) groups is 2. The van der Waals surface area contributed by atoms with E-state index in [-0.39, 0.29) is 12.8 Å². The van der Waals surface area contributed by atoms with Crippen molar-refractivity contribution < 1.29 is 19.8 Å². The van der Waals surface area contributed by atoms with Crippen LogP contribution in [0.25, 0.3) is 0 Å². The number of rotatable bonds is 19. The lowest BCUT2D eigenvalue weighted by molar-refractivity contribution is -0.166. The lowest BCUT2D eigenvalue weighted by atomic mass is 9.78. The van der Waals surface area contributed by atoms with Crippen LogP contribution >= 0.6 is 0 Å². The summed E-state index contributed by atoms with van der Waals surface area (Å²) in [5, 5.41) is 19.4. The van der Waals surface area contributed by atoms with Gasteiger partial charge in [0.05, 0.1) is 0 Å². The molecule has 0 amide bonds. The summed E-state index contributed by atoms with van der Waals surface area (Å²) in [6.45, 7) is 2.22. The Morgan fingerprint density at radius 2 is 1.17 bits per heavy atom. The van der Waals surface area contributed by atoms with Crippen molar-refractivity contribution in [2.75, 3.05) is 0 Å². The molecule has 2 N–H and O–H groups in total. The quantitative estimate of drug-likeness (QED) is 0.193. The van der Waals surface area contributed by atoms with Crippen LogP contribution < -0.4 is 0 Å². The van der Waals surface area contributed by atoms with E-state index in [9.17, 15) is 19.8 Å². The fourth-order valence-electron chi connectivity index (χ4n) is 4.04. The highest BCUT2D eigenvalue weighted by molar-refractivity contribution is 5.98. The molecule has 1 heterocycles. The zero-order valence-electron chi connectivity index (χ0n) is 18.8. The zero-order chi connectivity index (χ0) is 22.1. The first-order valence-electron chi connectivity index (χ1n) is 11.9. The molecule has 0 fully saturated rings. The molecule has 0 spiro atoms. The Morgan fingerprint density at radius 3 is 1.63 bits per heavy atom. The van der Waals surface area contributed by atoms with Crippen LogP contribution in [0.5, 0.6) is 0 Å². The number of carboxylic acids is 2. The molecule has 5 heteroatoms. The van der Waals surface area contributed by atoms with Crippen LogP contribution in [-0.2, 0) is 16.0 Å². The van der Waals surface area contributed by atoms with Crippen LogP contribution in [0.1, 0.15) is 109 Å². The van der Waals surface area contributed by atoms with Crippen molar-refractivity contribution in [2.24, 2.45) is 5.41 Å². The molecule has 5 nitrogen and oxygen atoms in total. The van der Waals surface area contributed by atoms with Crippen LogP contribution in [0.4, 0.5) is 0 Å². The van der Waals surface area contributed by atoms with Crippen LogP contribution in [0.2, 0.25) is 0 Å². The molecular weight excluding hydrogens is 378 g/mol. The summed E-state index contributed by atoms with van der Waals surface area (Å²) >= 11 is 0. The summed E-state index contributed by atoms with van der Waals surface area (Å²) in [5.41, 5.74) is -0.422. The summed E-state index contributed by atoms with van der Waals surface area (Å²) in [7, 11) is 0. The maximum atomic E-state index is 11.9. The van der Waals surface area contributed by atoms with Gasteiger partial charge in [0.1, 0.15) is 0 Å². The first-order chi connectivity index (χ1) is 14.5. The summed E-state index contributed by atoms with van der Waals surface area (Å²) in [5.74, 6) is -2.36. The van der Waals surface area contributed by atoms with Gasteiger partial charge in [-0.3, -0.25) is 14.6 Å². The van der Waals surface area contributed by atoms with Gasteiger partial charge in [-0.25, -0.2) is 0 Å². The number of aromatic nitrogens is 1. The Labute approximate surface area is 182 Å². The topological polar surface area (TPSA) is 87.5 Å². The number of aliphatic carboxylic acids is 2. The number of unbranched alkanes of at least 4 members (excludes halogenated alkanes) is 11. The number of hydrogen-bond donors (Lipinski definition) is 2. The second kappa shape index (κ2) is 15.9. The normalized spacial score (nSPS) is 11.5. The number of nitrogens with zero attached hydrogens (tertiary/aromatic N) is 1. The van der Waals surface area contributed by atoms with Crippen molar-refractivity contribution in [3.05, 3.63) is 30.1 Å². The van der Waals surface area contributed by atoms with Gasteiger partial charge in [-0.05, 0) is 43.4 Å². The maximum absolute atomic E-state index is 11.9. The van der Waals surface area contributed by atoms with Gasteiger partial charge in [-0.2, -0.15) is 0 Å². The number of pyridine rings is 1. The SMILES string of the molecule is CCCCCCCCCCCCC(CCCCCc1ccncc1)(C(=O)O)C(=O)O. The average molecular weight is 420 g/mol. The fraction of sp³-hybridized carbons (Fsp3) is 0.720. The van der Waals surface area contributed by atoms with Gasteiger partial charge in [0.2, 0.25) is 0 Å². The summed E-state index contributed by atoms with van der Waals surface area (Å²) < 4.78 is 0. The largest absolute Gasteiger partial charge is 0.480 e. The number of aryl methyl sites for hydroxylation is 1. The van der Waals surface area contributed by atoms with Gasteiger partial charge in [0.15, 0.2) is 5.41 Å². The van der Waals surface area contributed by atoms with E-state index in [1.807, 2.05) is 12.1 Å². The standard InChI is InChI=1S/C25H41NO4/c1-2-3-4-5-6-7-8-9-10-13-18-25(23(27)28,24(29)30)19-14-11-12-15-22-16-20-26-21-17-22/h16-17,20-21H,2-15,18-19H2,1H3,(H,27,28)(H,29,30). The molecule has 1 aromatic rings. The van der Waals surface area contributed by atoms with E-state index in [4.69, 9.17) is 0 Å². The predicted molar refractivity (Wildman–Crippen MR) is 121 cm³/mol. The lowest BCUT2D eigenvalue weighted by Crippen LogP contribution is -2.39. The van der Waals surface area contributed by atoms with E-state index in [0.717, 1.165) is 38.5 Å². The molecule has 30 heavy (non-hydrogen) atoms. The molecule has 0 aliphatic heterocycles. The second-order valence-corrected chi connectivity index (χ2v) is 8.54. The van der Waals surface area contributed by atoms with Crippen LogP contribution in [0, 0.1) is 5.41 Å². The van der Waals surface area contributed by atoms with E-state index >= 15 is 0 Å². The van der Waals surface area contributed by atoms with Gasteiger partial charge in [-0.1, -0.05) is 84.0 Å². The van der Waals surface area contributed by atoms with Crippen molar-refractivity contribution >= 4 is 11.9 Å². The molecule has 0 saturated heterocycles. The van der Waals surface area contributed by atoms with Gasteiger partial charge >= 0.3 is 11.9 Å². The molecule has 0 atom stereocenters. The highest BCUT2D eigenvalue weighted by Crippen LogP contribution is 2.33. The van der Waals surface area contributed by atoms with Gasteiger partial charge < -0.3 is 10.2 Å². The molecule has 0 aliphatic rings. The second-order valence-electron chi connectivity index (χ2n) is 8.54. The summed E-state index contributed by atoms with van der Waals surface area (Å²) in [6.07, 6.45) is 18.8. The van der Waals surface area contributed by atoms with Crippen LogP contribution in [-0.4, -0.2) is 27.1 Å². The van der Waals surface area contributed by atoms with Gasteiger partial charge in [-0.15, -0.1) is 0 Å². The third-order valence-electron chi connectivity index (χ3n) is 6.09. The highest BCUT2D eigenvalue weighted by Gasteiger charge is 2.45. The Hall–Kier alpha value is -1.91. The predicted octanol–water partition coefficient (Wildman–Crippen LogP) is 6.65. The van der Waals surface area contributed by atoms with E-state index < -0.39 is 17.4 Å². The molecule has 170 valence electrons. The number of carboxylic acid groups (broad SMARTS) is 2. The van der Waals surface area contributed by atoms with Crippen molar-refractivity contribution in [3.63, 3.8) is 0 Å². The molecule has 0 bridgehead atoms. The van der Waals surface area contributed by atoms with E-state index in [1.165, 1.54) is 44.1 Å². The van der Waals surface area contributed by atoms with Gasteiger partial charge in [0.25, 0.3) is 0 Å². The molecule has 1 aromatic heterocycles. The Balaban J connectivity index is 2.28. The highest BCUT2D eigenvalue weighted by atomic mass is 16.4. The molecule has 0 saturated carbocycles. The minimum Gasteiger partial charge on any atom is -0.480 e. The molecule has 1 rings (SSSR count). The van der Waals surface area contributed by atoms with Crippen LogP contribution in [0.15, 0.2) is 24.5 Å². The minimum absolute atomic E-state index is 0.214. The molecule has 0 aromatic carbocycles. The van der Waals surface area contributed by atoms with E-state index in [2.05, 4.69) is 11.9 Å². The summed E-state index contributed by atoms with van der Waals surface area (Å²) in [4.78, 5) is 27.7. The van der Waals surface area contributed by atoms with Crippen molar-refractivity contribution in [2.45, 2.75) is 110 Å². The van der Waals surface area contributed by atoms with E-state index in [0.29, 0.717) is 12.8 Å². The Kier molecular flexibility index (Phi) is 13.8. The van der Waals surface area contributed by atoms with Crippen molar-refractivity contribution in [1.29, 1.82) is 0 Å². The van der Waals surface area contributed by atoms with Crippen molar-refractivity contribution in [3.8, 4) is 0 Å². The van der Waals surface area contributed by atoms with E-state index in [1.54, 1.807) is 12.4 Å². The van der Waals surface area contributed by atoms with Crippen LogP contribution in [0.3, 0.4) is 0 Å². The average Bonchev–Trinajstić information content (AvgIpc) is 2.73. The first-order valence-corrected chi connectivity index (χ1v) is 11.9. The molecule has 0 aliphatic carbocycles. The Morgan fingerprint density at radius 1 is 0.733 bits per heavy atom. The lowest BCUT2D eigenvalue weighted by Gasteiger charge is -2.25. The Bertz CT molecular complexity index is 574. The maximum Gasteiger partial charge on any atom is 0.321 e.